The third-order valence-corrected chi connectivity index (χ3v) is 2.68. The SMILES string of the molecule is CC(C)(NCCO)S(=O)(=O)[O-].[Na+]. The summed E-state index contributed by atoms with van der Waals surface area (Å²) in [6.45, 7) is 2.41. The van der Waals surface area contributed by atoms with E-state index in [0.717, 1.165) is 0 Å². The van der Waals surface area contributed by atoms with Crippen molar-refractivity contribution in [2.75, 3.05) is 13.2 Å². The first-order valence-corrected chi connectivity index (χ1v) is 4.53. The summed E-state index contributed by atoms with van der Waals surface area (Å²) in [7, 11) is -4.35. The topological polar surface area (TPSA) is 89.5 Å². The van der Waals surface area contributed by atoms with Crippen LogP contribution in [0, 0.1) is 0 Å². The Kier molecular flexibility index (Phi) is 7.06. The number of aliphatic hydroxyl groups excluding tert-OH is 1. The average molecular weight is 205 g/mol. The van der Waals surface area contributed by atoms with Gasteiger partial charge in [-0.25, -0.2) is 8.42 Å². The Morgan fingerprint density at radius 3 is 2.17 bits per heavy atom. The molecule has 0 fully saturated rings. The van der Waals surface area contributed by atoms with E-state index in [4.69, 9.17) is 5.11 Å². The van der Waals surface area contributed by atoms with Crippen molar-refractivity contribution >= 4 is 10.1 Å². The molecule has 0 bridgehead atoms. The molecule has 0 aromatic heterocycles. The van der Waals surface area contributed by atoms with E-state index in [2.05, 4.69) is 5.32 Å². The van der Waals surface area contributed by atoms with Crippen LogP contribution in [0.1, 0.15) is 13.8 Å². The van der Waals surface area contributed by atoms with Gasteiger partial charge in [0.2, 0.25) is 0 Å². The Morgan fingerprint density at radius 2 is 1.92 bits per heavy atom. The normalized spacial score (nSPS) is 12.3. The third kappa shape index (κ3) is 4.76. The number of hydrogen-bond acceptors (Lipinski definition) is 5. The minimum Gasteiger partial charge on any atom is -0.747 e. The molecule has 0 aromatic rings. The Balaban J connectivity index is 0. The maximum Gasteiger partial charge on any atom is 1.00 e. The van der Waals surface area contributed by atoms with Gasteiger partial charge in [-0.1, -0.05) is 0 Å². The molecule has 5 nitrogen and oxygen atoms in total. The second-order valence-corrected chi connectivity index (χ2v) is 4.54. The predicted molar refractivity (Wildman–Crippen MR) is 38.9 cm³/mol. The summed E-state index contributed by atoms with van der Waals surface area (Å²) in [6.07, 6.45) is 0. The summed E-state index contributed by atoms with van der Waals surface area (Å²) in [4.78, 5) is -1.50. The molecule has 0 aliphatic rings. The average Bonchev–Trinajstić information content (AvgIpc) is 1.81. The second kappa shape index (κ2) is 5.54. The number of aliphatic hydroxyl groups is 1. The van der Waals surface area contributed by atoms with Crippen LogP contribution in [0.2, 0.25) is 0 Å². The van der Waals surface area contributed by atoms with Gasteiger partial charge >= 0.3 is 29.6 Å². The van der Waals surface area contributed by atoms with E-state index in [-0.39, 0.29) is 42.7 Å². The Labute approximate surface area is 94.6 Å². The van der Waals surface area contributed by atoms with Crippen molar-refractivity contribution in [3.05, 3.63) is 0 Å². The van der Waals surface area contributed by atoms with Gasteiger partial charge in [0.25, 0.3) is 0 Å². The van der Waals surface area contributed by atoms with Gasteiger partial charge in [0.05, 0.1) is 6.61 Å². The standard InChI is InChI=1S/C5H13NO4S.Na/c1-5(2,6-3-4-7)11(8,9)10;/h6-7H,3-4H2,1-2H3,(H,8,9,10);/q;+1/p-1. The van der Waals surface area contributed by atoms with Crippen LogP contribution in [0.5, 0.6) is 0 Å². The number of rotatable bonds is 4. The van der Waals surface area contributed by atoms with E-state index in [9.17, 15) is 13.0 Å². The Hall–Kier alpha value is 0.830. The van der Waals surface area contributed by atoms with Gasteiger partial charge in [0.15, 0.2) is 0 Å². The van der Waals surface area contributed by atoms with Gasteiger partial charge < -0.3 is 9.66 Å². The summed E-state index contributed by atoms with van der Waals surface area (Å²) in [5.74, 6) is 0. The fourth-order valence-corrected chi connectivity index (χ4v) is 0.724. The van der Waals surface area contributed by atoms with Gasteiger partial charge in [0.1, 0.15) is 15.0 Å². The predicted octanol–water partition coefficient (Wildman–Crippen LogP) is -4.15. The third-order valence-electron chi connectivity index (χ3n) is 1.29. The zero-order valence-electron chi connectivity index (χ0n) is 7.49. The zero-order valence-corrected chi connectivity index (χ0v) is 10.3. The molecule has 0 aliphatic heterocycles. The van der Waals surface area contributed by atoms with Gasteiger partial charge in [-0.15, -0.1) is 0 Å². The van der Waals surface area contributed by atoms with Crippen LogP contribution in [0.4, 0.5) is 0 Å². The van der Waals surface area contributed by atoms with Crippen LogP contribution in [0.15, 0.2) is 0 Å². The smallest absolute Gasteiger partial charge is 0.747 e. The molecule has 12 heavy (non-hydrogen) atoms. The number of nitrogens with one attached hydrogen (secondary N) is 1. The summed E-state index contributed by atoms with van der Waals surface area (Å²) >= 11 is 0. The van der Waals surface area contributed by atoms with Crippen LogP contribution in [0.3, 0.4) is 0 Å². The molecular formula is C5H12NNaO4S. The largest absolute Gasteiger partial charge is 1.00 e. The summed E-state index contributed by atoms with van der Waals surface area (Å²) in [5.41, 5.74) is 0. The molecule has 2 N–H and O–H groups in total. The van der Waals surface area contributed by atoms with Crippen LogP contribution in [-0.2, 0) is 10.1 Å². The molecule has 0 saturated heterocycles. The van der Waals surface area contributed by atoms with E-state index in [0.29, 0.717) is 0 Å². The van der Waals surface area contributed by atoms with Crippen molar-refractivity contribution in [1.82, 2.24) is 5.32 Å². The Bertz CT molecular complexity index is 213. The van der Waals surface area contributed by atoms with E-state index in [1.165, 1.54) is 13.8 Å². The van der Waals surface area contributed by atoms with Gasteiger partial charge in [0, 0.05) is 6.54 Å². The minimum absolute atomic E-state index is 0. The van der Waals surface area contributed by atoms with Crippen LogP contribution in [-0.4, -0.2) is 36.1 Å². The molecule has 0 aromatic carbocycles. The van der Waals surface area contributed by atoms with E-state index >= 15 is 0 Å². The second-order valence-electron chi connectivity index (χ2n) is 2.61. The molecule has 0 spiro atoms. The fourth-order valence-electron chi connectivity index (χ4n) is 0.445. The van der Waals surface area contributed by atoms with Crippen LogP contribution >= 0.6 is 0 Å². The van der Waals surface area contributed by atoms with Crippen LogP contribution in [0.25, 0.3) is 0 Å². The van der Waals surface area contributed by atoms with E-state index < -0.39 is 15.0 Å². The molecule has 7 heteroatoms. The molecule has 0 saturated carbocycles. The van der Waals surface area contributed by atoms with Crippen molar-refractivity contribution in [3.8, 4) is 0 Å². The summed E-state index contributed by atoms with van der Waals surface area (Å²) in [5, 5.41) is 10.7. The zero-order chi connectivity index (χ0) is 9.12. The maximum atomic E-state index is 10.5. The van der Waals surface area contributed by atoms with Crippen molar-refractivity contribution < 1.29 is 47.6 Å². The maximum absolute atomic E-state index is 10.5. The number of hydrogen-bond donors (Lipinski definition) is 2. The first kappa shape index (κ1) is 15.3. The molecule has 0 atom stereocenters. The van der Waals surface area contributed by atoms with Gasteiger partial charge in [-0.3, -0.25) is 5.32 Å². The fraction of sp³-hybridized carbons (Fsp3) is 1.00. The molecule has 0 unspecified atom stereocenters. The van der Waals surface area contributed by atoms with Gasteiger partial charge in [-0.05, 0) is 13.8 Å². The molecular weight excluding hydrogens is 193 g/mol. The molecule has 0 amide bonds. The van der Waals surface area contributed by atoms with Crippen molar-refractivity contribution in [2.24, 2.45) is 0 Å². The Morgan fingerprint density at radius 1 is 1.50 bits per heavy atom. The summed E-state index contributed by atoms with van der Waals surface area (Å²) in [6, 6.07) is 0. The molecule has 0 aliphatic carbocycles. The van der Waals surface area contributed by atoms with E-state index in [1.807, 2.05) is 0 Å². The van der Waals surface area contributed by atoms with Crippen molar-refractivity contribution in [3.63, 3.8) is 0 Å². The summed E-state index contributed by atoms with van der Waals surface area (Å²) < 4.78 is 31.4. The molecule has 0 heterocycles. The van der Waals surface area contributed by atoms with E-state index in [1.54, 1.807) is 0 Å². The molecule has 0 radical (unpaired) electrons. The monoisotopic (exact) mass is 205 g/mol. The van der Waals surface area contributed by atoms with Crippen molar-refractivity contribution in [2.45, 2.75) is 18.7 Å². The first-order chi connectivity index (χ1) is 4.81. The quantitative estimate of drug-likeness (QED) is 0.359. The molecule has 68 valence electrons. The molecule has 0 rings (SSSR count). The van der Waals surface area contributed by atoms with Crippen LogP contribution < -0.4 is 34.9 Å². The minimum atomic E-state index is -4.35. The first-order valence-electron chi connectivity index (χ1n) is 3.12. The van der Waals surface area contributed by atoms with Gasteiger partial charge in [-0.2, -0.15) is 0 Å². The van der Waals surface area contributed by atoms with Crippen molar-refractivity contribution in [1.29, 1.82) is 0 Å².